The predicted octanol–water partition coefficient (Wildman–Crippen LogP) is 2.33. The third-order valence-electron chi connectivity index (χ3n) is 1.99. The molecule has 0 bridgehead atoms. The summed E-state index contributed by atoms with van der Waals surface area (Å²) in [4.78, 5) is 11.6. The van der Waals surface area contributed by atoms with E-state index in [0.717, 1.165) is 0 Å². The Morgan fingerprint density at radius 2 is 2.00 bits per heavy atom. The molecule has 1 aliphatic rings. The maximum absolute atomic E-state index is 11.6. The van der Waals surface area contributed by atoms with Gasteiger partial charge in [-0.2, -0.15) is 0 Å². The molecule has 4 nitrogen and oxygen atoms in total. The molecule has 0 spiro atoms. The molecule has 0 amide bonds. The van der Waals surface area contributed by atoms with Crippen molar-refractivity contribution >= 4 is 17.6 Å². The van der Waals surface area contributed by atoms with E-state index in [0.29, 0.717) is 0 Å². The number of rotatable bonds is 0. The quantitative estimate of drug-likeness (QED) is 0.693. The van der Waals surface area contributed by atoms with Gasteiger partial charge in [0.25, 0.3) is 0 Å². The number of halogens is 1. The minimum atomic E-state index is -1.02. The van der Waals surface area contributed by atoms with Gasteiger partial charge in [-0.05, 0) is 12.1 Å². The molecule has 15 heavy (non-hydrogen) atoms. The Bertz CT molecular complexity index is 439. The van der Waals surface area contributed by atoms with Crippen LogP contribution >= 0.6 is 11.6 Å². The Morgan fingerprint density at radius 1 is 1.33 bits per heavy atom. The van der Waals surface area contributed by atoms with E-state index < -0.39 is 11.8 Å². The van der Waals surface area contributed by atoms with Gasteiger partial charge in [-0.15, -0.1) is 0 Å². The molecule has 0 fully saturated rings. The third-order valence-corrected chi connectivity index (χ3v) is 2.29. The van der Waals surface area contributed by atoms with Crippen molar-refractivity contribution in [1.82, 2.24) is 0 Å². The molecular formula is C10H9ClO4. The van der Waals surface area contributed by atoms with E-state index >= 15 is 0 Å². The molecule has 1 aliphatic heterocycles. The molecule has 80 valence electrons. The molecule has 1 aromatic carbocycles. The fourth-order valence-corrected chi connectivity index (χ4v) is 1.55. The highest BCUT2D eigenvalue weighted by Gasteiger charge is 2.36. The van der Waals surface area contributed by atoms with Crippen molar-refractivity contribution < 1.29 is 19.4 Å². The smallest absolute Gasteiger partial charge is 0.349 e. The van der Waals surface area contributed by atoms with Crippen LogP contribution in [0, 0.1) is 0 Å². The van der Waals surface area contributed by atoms with E-state index in [9.17, 15) is 9.90 Å². The summed E-state index contributed by atoms with van der Waals surface area (Å²) in [5.41, 5.74) is -0.0261. The number of benzene rings is 1. The van der Waals surface area contributed by atoms with Gasteiger partial charge in [0.1, 0.15) is 11.3 Å². The number of ether oxygens (including phenoxy) is 2. The second kappa shape index (κ2) is 3.03. The maximum Gasteiger partial charge on any atom is 0.349 e. The highest BCUT2D eigenvalue weighted by Crippen LogP contribution is 2.40. The Hall–Kier alpha value is -1.42. The van der Waals surface area contributed by atoms with Gasteiger partial charge in [0.05, 0.1) is 5.02 Å². The summed E-state index contributed by atoms with van der Waals surface area (Å²) in [5.74, 6) is -1.70. The molecule has 5 heteroatoms. The standard InChI is InChI=1S/C10H9ClO4/c1-10(2)14-6-4-3-5(11)8(12)7(6)9(13)15-10/h3-4,12H,1-2H3. The summed E-state index contributed by atoms with van der Waals surface area (Å²) >= 11 is 5.67. The van der Waals surface area contributed by atoms with Gasteiger partial charge in [0.15, 0.2) is 5.75 Å². The van der Waals surface area contributed by atoms with E-state index in [-0.39, 0.29) is 22.1 Å². The van der Waals surface area contributed by atoms with Gasteiger partial charge in [-0.3, -0.25) is 0 Å². The van der Waals surface area contributed by atoms with Gasteiger partial charge < -0.3 is 14.6 Å². The third kappa shape index (κ3) is 1.61. The number of hydrogen-bond donors (Lipinski definition) is 1. The normalized spacial score (nSPS) is 17.7. The number of carbonyl (C=O) groups is 1. The minimum Gasteiger partial charge on any atom is -0.505 e. The van der Waals surface area contributed by atoms with Crippen molar-refractivity contribution in [1.29, 1.82) is 0 Å². The number of cyclic esters (lactones) is 1. The van der Waals surface area contributed by atoms with Gasteiger partial charge in [0.2, 0.25) is 5.79 Å². The van der Waals surface area contributed by atoms with Crippen molar-refractivity contribution in [3.8, 4) is 11.5 Å². The average Bonchev–Trinajstić information content (AvgIpc) is 2.09. The second-order valence-electron chi connectivity index (χ2n) is 3.66. The lowest BCUT2D eigenvalue weighted by atomic mass is 10.1. The van der Waals surface area contributed by atoms with E-state index in [1.54, 1.807) is 13.8 Å². The molecule has 0 aromatic heterocycles. The largest absolute Gasteiger partial charge is 0.505 e. The Morgan fingerprint density at radius 3 is 2.67 bits per heavy atom. The zero-order valence-electron chi connectivity index (χ0n) is 8.20. The molecule has 0 aliphatic carbocycles. The first kappa shape index (κ1) is 10.1. The van der Waals surface area contributed by atoms with Crippen molar-refractivity contribution in [3.63, 3.8) is 0 Å². The average molecular weight is 229 g/mol. The lowest BCUT2D eigenvalue weighted by Crippen LogP contribution is -2.38. The Balaban J connectivity index is 2.60. The molecule has 1 heterocycles. The molecule has 1 N–H and O–H groups in total. The summed E-state index contributed by atoms with van der Waals surface area (Å²) < 4.78 is 10.3. The van der Waals surface area contributed by atoms with Crippen LogP contribution in [0.4, 0.5) is 0 Å². The maximum atomic E-state index is 11.6. The van der Waals surface area contributed by atoms with E-state index in [4.69, 9.17) is 21.1 Å². The highest BCUT2D eigenvalue weighted by atomic mass is 35.5. The van der Waals surface area contributed by atoms with Gasteiger partial charge in [-0.1, -0.05) is 11.6 Å². The summed E-state index contributed by atoms with van der Waals surface area (Å²) in [6, 6.07) is 2.99. The minimum absolute atomic E-state index is 0.0261. The number of phenolic OH excluding ortho intramolecular Hbond substituents is 1. The van der Waals surface area contributed by atoms with Crippen LogP contribution in [0.5, 0.6) is 11.5 Å². The molecule has 0 saturated heterocycles. The van der Waals surface area contributed by atoms with Gasteiger partial charge in [0, 0.05) is 13.8 Å². The van der Waals surface area contributed by atoms with Crippen LogP contribution < -0.4 is 4.74 Å². The number of esters is 1. The van der Waals surface area contributed by atoms with Crippen molar-refractivity contribution in [3.05, 3.63) is 22.7 Å². The molecule has 0 atom stereocenters. The topological polar surface area (TPSA) is 55.8 Å². The summed E-state index contributed by atoms with van der Waals surface area (Å²) in [6.45, 7) is 3.22. The summed E-state index contributed by atoms with van der Waals surface area (Å²) in [5, 5.41) is 9.66. The highest BCUT2D eigenvalue weighted by molar-refractivity contribution is 6.32. The molecule has 0 unspecified atom stereocenters. The van der Waals surface area contributed by atoms with Crippen molar-refractivity contribution in [2.45, 2.75) is 19.6 Å². The fourth-order valence-electron chi connectivity index (χ4n) is 1.39. The van der Waals surface area contributed by atoms with Gasteiger partial charge in [-0.25, -0.2) is 4.79 Å². The Kier molecular flexibility index (Phi) is 2.04. The summed E-state index contributed by atoms with van der Waals surface area (Å²) in [7, 11) is 0. The molecular weight excluding hydrogens is 220 g/mol. The number of fused-ring (bicyclic) bond motifs is 1. The van der Waals surface area contributed by atoms with Crippen molar-refractivity contribution in [2.75, 3.05) is 0 Å². The van der Waals surface area contributed by atoms with E-state index in [2.05, 4.69) is 0 Å². The van der Waals surface area contributed by atoms with Crippen LogP contribution in [0.25, 0.3) is 0 Å². The van der Waals surface area contributed by atoms with Crippen LogP contribution in [-0.4, -0.2) is 16.9 Å². The second-order valence-corrected chi connectivity index (χ2v) is 4.07. The SMILES string of the molecule is CC1(C)OC(=O)c2c(ccc(Cl)c2O)O1. The zero-order chi connectivity index (χ0) is 11.2. The Labute approximate surface area is 91.4 Å². The van der Waals surface area contributed by atoms with Crippen LogP contribution in [0.2, 0.25) is 5.02 Å². The van der Waals surface area contributed by atoms with Crippen molar-refractivity contribution in [2.24, 2.45) is 0 Å². The number of aromatic hydroxyl groups is 1. The lowest BCUT2D eigenvalue weighted by Gasteiger charge is -2.31. The van der Waals surface area contributed by atoms with Crippen LogP contribution in [-0.2, 0) is 4.74 Å². The van der Waals surface area contributed by atoms with Crippen LogP contribution in [0.15, 0.2) is 12.1 Å². The number of carbonyl (C=O) groups excluding carboxylic acids is 1. The van der Waals surface area contributed by atoms with Crippen LogP contribution in [0.1, 0.15) is 24.2 Å². The number of hydrogen-bond acceptors (Lipinski definition) is 4. The van der Waals surface area contributed by atoms with Gasteiger partial charge >= 0.3 is 5.97 Å². The van der Waals surface area contributed by atoms with E-state index in [1.807, 2.05) is 0 Å². The van der Waals surface area contributed by atoms with Crippen LogP contribution in [0.3, 0.4) is 0 Å². The lowest BCUT2D eigenvalue weighted by molar-refractivity contribution is -0.127. The molecule has 0 saturated carbocycles. The fraction of sp³-hybridized carbons (Fsp3) is 0.300. The first-order valence-corrected chi connectivity index (χ1v) is 4.72. The zero-order valence-corrected chi connectivity index (χ0v) is 8.96. The predicted molar refractivity (Wildman–Crippen MR) is 53.2 cm³/mol. The molecule has 1 aromatic rings. The first-order chi connectivity index (χ1) is 6.91. The molecule has 2 rings (SSSR count). The monoisotopic (exact) mass is 228 g/mol. The van der Waals surface area contributed by atoms with E-state index in [1.165, 1.54) is 12.1 Å². The first-order valence-electron chi connectivity index (χ1n) is 4.34. The molecule has 0 radical (unpaired) electrons. The summed E-state index contributed by atoms with van der Waals surface area (Å²) in [6.07, 6.45) is 0. The number of phenols is 1.